The molecule has 276 valence electrons. The Morgan fingerprint density at radius 2 is 0.882 bits per heavy atom. The summed E-state index contributed by atoms with van der Waals surface area (Å²) in [5.41, 5.74) is 4.51. The van der Waals surface area contributed by atoms with Crippen LogP contribution >= 0.6 is 0 Å². The van der Waals surface area contributed by atoms with Gasteiger partial charge in [-0.1, -0.05) is 114 Å². The smallest absolute Gasteiger partial charge is 0.494 e. The largest absolute Gasteiger partial charge is 0.820 e. The molecule has 4 aromatic carbocycles. The molecule has 0 aliphatic carbocycles. The maximum atomic E-state index is 6.90. The Balaban J connectivity index is 1.66. The lowest BCUT2D eigenvalue weighted by atomic mass is 9.86. The summed E-state index contributed by atoms with van der Waals surface area (Å²) in [5, 5.41) is 0. The fourth-order valence-electron chi connectivity index (χ4n) is 5.76. The SMILES string of the molecule is CCCCOc1ccc(O[Si](OCC(C)(C)Cc2cccc(C)c2)(OCC(C)(C)Cc2cccc(C)c2)Oc2ccc(OCCCC)cc2)cc1. The average Bonchev–Trinajstić information content (AvgIpc) is 3.08. The number of unbranched alkanes of at least 4 members (excludes halogenated alkanes) is 2. The third kappa shape index (κ3) is 14.0. The lowest BCUT2D eigenvalue weighted by Gasteiger charge is -2.35. The Hall–Kier alpha value is -3.78. The summed E-state index contributed by atoms with van der Waals surface area (Å²) in [6.07, 6.45) is 5.81. The first-order chi connectivity index (χ1) is 24.4. The van der Waals surface area contributed by atoms with Crippen molar-refractivity contribution in [1.29, 1.82) is 0 Å². The molecule has 0 amide bonds. The molecule has 7 heteroatoms. The van der Waals surface area contributed by atoms with Crippen molar-refractivity contribution in [3.8, 4) is 23.0 Å². The highest BCUT2D eigenvalue weighted by molar-refractivity contribution is 6.55. The maximum absolute atomic E-state index is 6.90. The van der Waals surface area contributed by atoms with E-state index in [1.807, 2.05) is 48.5 Å². The molecule has 0 bridgehead atoms. The molecule has 6 nitrogen and oxygen atoms in total. The fourth-order valence-corrected chi connectivity index (χ4v) is 8.11. The molecule has 0 atom stereocenters. The van der Waals surface area contributed by atoms with Crippen molar-refractivity contribution in [3.05, 3.63) is 119 Å². The molecule has 0 saturated heterocycles. The van der Waals surface area contributed by atoms with Crippen LogP contribution in [0.2, 0.25) is 0 Å². The van der Waals surface area contributed by atoms with Gasteiger partial charge in [-0.25, -0.2) is 0 Å². The first kappa shape index (κ1) is 40.0. The minimum Gasteiger partial charge on any atom is -0.494 e. The lowest BCUT2D eigenvalue weighted by molar-refractivity contribution is -0.00409. The van der Waals surface area contributed by atoms with E-state index in [2.05, 4.69) is 104 Å². The number of benzene rings is 4. The number of ether oxygens (including phenoxy) is 2. The molecule has 51 heavy (non-hydrogen) atoms. The van der Waals surface area contributed by atoms with Crippen molar-refractivity contribution in [1.82, 2.24) is 0 Å². The van der Waals surface area contributed by atoms with E-state index in [4.69, 9.17) is 27.2 Å². The predicted molar refractivity (Wildman–Crippen MR) is 210 cm³/mol. The summed E-state index contributed by atoms with van der Waals surface area (Å²) >= 11 is 0. The molecule has 0 aromatic heterocycles. The third-order valence-electron chi connectivity index (χ3n) is 8.48. The van der Waals surface area contributed by atoms with Gasteiger partial charge >= 0.3 is 9.05 Å². The van der Waals surface area contributed by atoms with Gasteiger partial charge in [-0.2, -0.15) is 0 Å². The molecule has 0 fully saturated rings. The standard InChI is InChI=1S/C44H60O6Si/c1-9-11-27-45-39-19-23-41(24-20-39)49-51(50-42-25-21-40(22-26-42)46-28-12-10-2,47-33-43(5,6)31-37-17-13-15-35(3)29-37)48-34-44(7,8)32-38-18-14-16-36(4)30-38/h13-26,29-30H,9-12,27-28,31-34H2,1-8H3. The minimum atomic E-state index is -3.93. The molecule has 0 aliphatic heterocycles. The van der Waals surface area contributed by atoms with E-state index in [0.717, 1.165) is 50.0 Å². The average molecular weight is 713 g/mol. The van der Waals surface area contributed by atoms with E-state index in [0.29, 0.717) is 37.9 Å². The highest BCUT2D eigenvalue weighted by Crippen LogP contribution is 2.32. The Kier molecular flexibility index (Phi) is 15.0. The van der Waals surface area contributed by atoms with Gasteiger partial charge < -0.3 is 27.2 Å². The summed E-state index contributed by atoms with van der Waals surface area (Å²) in [7, 11) is -3.93. The van der Waals surface area contributed by atoms with Crippen molar-refractivity contribution < 1.29 is 27.2 Å². The zero-order valence-electron chi connectivity index (χ0n) is 32.3. The normalized spacial score (nSPS) is 12.1. The summed E-state index contributed by atoms with van der Waals surface area (Å²) in [5.74, 6) is 2.78. The Labute approximate surface area is 308 Å². The third-order valence-corrected chi connectivity index (χ3v) is 10.4. The molecule has 0 aliphatic rings. The second-order valence-electron chi connectivity index (χ2n) is 15.3. The molecule has 0 heterocycles. The van der Waals surface area contributed by atoms with Crippen LogP contribution in [0.1, 0.15) is 89.5 Å². The quantitative estimate of drug-likeness (QED) is 0.0597. The van der Waals surface area contributed by atoms with Crippen molar-refractivity contribution in [2.45, 2.75) is 93.9 Å². The zero-order chi connectivity index (χ0) is 36.7. The fraction of sp³-hybridized carbons (Fsp3) is 0.455. The highest BCUT2D eigenvalue weighted by Gasteiger charge is 2.54. The maximum Gasteiger partial charge on any atom is 0.820 e. The molecule has 4 aromatic rings. The number of hydrogen-bond donors (Lipinski definition) is 0. The number of hydrogen-bond acceptors (Lipinski definition) is 6. The minimum absolute atomic E-state index is 0.243. The van der Waals surface area contributed by atoms with Crippen LogP contribution in [0.25, 0.3) is 0 Å². The van der Waals surface area contributed by atoms with Crippen LogP contribution in [0.15, 0.2) is 97.1 Å². The molecule has 0 radical (unpaired) electrons. The molecule has 4 rings (SSSR count). The van der Waals surface area contributed by atoms with E-state index < -0.39 is 9.05 Å². The van der Waals surface area contributed by atoms with Crippen LogP contribution < -0.4 is 18.3 Å². The summed E-state index contributed by atoms with van der Waals surface area (Å²) in [6, 6.07) is 32.6. The molecule has 0 N–H and O–H groups in total. The molecule has 0 unspecified atom stereocenters. The van der Waals surface area contributed by atoms with E-state index in [9.17, 15) is 0 Å². The number of rotatable bonds is 22. The van der Waals surface area contributed by atoms with Crippen molar-refractivity contribution in [3.63, 3.8) is 0 Å². The lowest BCUT2D eigenvalue weighted by Crippen LogP contribution is -2.57. The Morgan fingerprint density at radius 3 is 1.24 bits per heavy atom. The van der Waals surface area contributed by atoms with Crippen LogP contribution in [0, 0.1) is 24.7 Å². The van der Waals surface area contributed by atoms with E-state index in [1.165, 1.54) is 22.3 Å². The van der Waals surface area contributed by atoms with Gasteiger partial charge in [-0.3, -0.25) is 0 Å². The van der Waals surface area contributed by atoms with Gasteiger partial charge in [0.2, 0.25) is 0 Å². The predicted octanol–water partition coefficient (Wildman–Crippen LogP) is 11.1. The molecular weight excluding hydrogens is 653 g/mol. The van der Waals surface area contributed by atoms with Crippen molar-refractivity contribution in [2.75, 3.05) is 26.4 Å². The van der Waals surface area contributed by atoms with E-state index >= 15 is 0 Å². The van der Waals surface area contributed by atoms with Crippen LogP contribution in [-0.2, 0) is 21.7 Å². The Morgan fingerprint density at radius 1 is 0.510 bits per heavy atom. The van der Waals surface area contributed by atoms with Crippen molar-refractivity contribution >= 4 is 9.05 Å². The second kappa shape index (κ2) is 19.2. The van der Waals surface area contributed by atoms with Crippen LogP contribution in [-0.4, -0.2) is 35.5 Å². The van der Waals surface area contributed by atoms with Crippen LogP contribution in [0.4, 0.5) is 0 Å². The first-order valence-electron chi connectivity index (χ1n) is 18.6. The Bertz CT molecular complexity index is 1480. The summed E-state index contributed by atoms with van der Waals surface area (Å²) in [6.45, 7) is 19.5. The van der Waals surface area contributed by atoms with Gasteiger partial charge in [0.05, 0.1) is 13.2 Å². The van der Waals surface area contributed by atoms with E-state index in [1.54, 1.807) is 0 Å². The van der Waals surface area contributed by atoms with Gasteiger partial charge in [-0.05, 0) is 110 Å². The first-order valence-corrected chi connectivity index (χ1v) is 20.2. The molecule has 0 saturated carbocycles. The van der Waals surface area contributed by atoms with E-state index in [-0.39, 0.29) is 10.8 Å². The van der Waals surface area contributed by atoms with Crippen LogP contribution in [0.3, 0.4) is 0 Å². The summed E-state index contributed by atoms with van der Waals surface area (Å²) in [4.78, 5) is 0. The van der Waals surface area contributed by atoms with Gasteiger partial charge in [-0.15, -0.1) is 0 Å². The monoisotopic (exact) mass is 712 g/mol. The summed E-state index contributed by atoms with van der Waals surface area (Å²) < 4.78 is 39.3. The topological polar surface area (TPSA) is 55.4 Å². The van der Waals surface area contributed by atoms with Crippen molar-refractivity contribution in [2.24, 2.45) is 10.8 Å². The van der Waals surface area contributed by atoms with Gasteiger partial charge in [0.25, 0.3) is 0 Å². The number of aryl methyl sites for hydroxylation is 2. The molecule has 0 spiro atoms. The van der Waals surface area contributed by atoms with Gasteiger partial charge in [0.1, 0.15) is 23.0 Å². The van der Waals surface area contributed by atoms with Gasteiger partial charge in [0, 0.05) is 13.2 Å². The second-order valence-corrected chi connectivity index (χ2v) is 17.3. The molecular formula is C44H60O6Si. The van der Waals surface area contributed by atoms with Gasteiger partial charge in [0.15, 0.2) is 0 Å². The van der Waals surface area contributed by atoms with Crippen LogP contribution in [0.5, 0.6) is 23.0 Å². The highest BCUT2D eigenvalue weighted by atomic mass is 28.4. The zero-order valence-corrected chi connectivity index (χ0v) is 33.3.